The van der Waals surface area contributed by atoms with Crippen LogP contribution in [0.5, 0.6) is 0 Å². The van der Waals surface area contributed by atoms with E-state index in [0.29, 0.717) is 26.4 Å². The molecule has 6 rings (SSSR count). The molecule has 1 fully saturated rings. The van der Waals surface area contributed by atoms with Crippen molar-refractivity contribution in [2.45, 2.75) is 53.3 Å². The molecule has 6 heteroatoms. The third kappa shape index (κ3) is 9.41. The molecule has 0 saturated carbocycles. The standard InChI is InChI=1S/C39H38O4SSe/c1-6-16-30(17-7-1)26-40-29-35-36(41-27-31-18-8-2-9-19-31)37(42-28-32-20-10-3-11-21-32)38(45-34-24-14-5-15-25-34)39(43-35)44-33-22-12-4-13-23-33/h1-25,35-39H,26-29H2/t35-,36+,37-,38-,39+/m1/s1. The second-order valence-corrected chi connectivity index (χ2v) is 14.7. The van der Waals surface area contributed by atoms with Crippen molar-refractivity contribution in [1.82, 2.24) is 0 Å². The molecule has 5 atom stereocenters. The average molecular weight is 682 g/mol. The van der Waals surface area contributed by atoms with Crippen molar-refractivity contribution in [3.05, 3.63) is 168 Å². The van der Waals surface area contributed by atoms with Crippen molar-refractivity contribution in [3.8, 4) is 0 Å². The van der Waals surface area contributed by atoms with Crippen LogP contribution in [0, 0.1) is 0 Å². The second kappa shape index (κ2) is 16.9. The molecule has 1 aliphatic rings. The van der Waals surface area contributed by atoms with E-state index in [1.807, 2.05) is 42.5 Å². The van der Waals surface area contributed by atoms with E-state index >= 15 is 0 Å². The quantitative estimate of drug-likeness (QED) is 0.112. The summed E-state index contributed by atoms with van der Waals surface area (Å²) in [6.45, 7) is 1.88. The normalized spacial score (nSPS) is 21.4. The summed E-state index contributed by atoms with van der Waals surface area (Å²) in [5.74, 6) is 0. The first-order valence-electron chi connectivity index (χ1n) is 15.3. The molecule has 0 N–H and O–H groups in total. The molecule has 1 heterocycles. The SMILES string of the molecule is c1ccc(COC[C@H]2O[C@@H](Sc3ccccc3)[C@H]([Se]c3ccccc3)[C@H](OCc3ccccc3)[C@H]2OCc2ccccc2)cc1. The first kappa shape index (κ1) is 31.8. The Morgan fingerprint density at radius 3 is 1.56 bits per heavy atom. The summed E-state index contributed by atoms with van der Waals surface area (Å²) >= 11 is 1.82. The van der Waals surface area contributed by atoms with Crippen molar-refractivity contribution in [1.29, 1.82) is 0 Å². The zero-order chi connectivity index (χ0) is 30.5. The van der Waals surface area contributed by atoms with Gasteiger partial charge in [0.25, 0.3) is 0 Å². The summed E-state index contributed by atoms with van der Waals surface area (Å²) in [6.07, 6.45) is -0.857. The first-order chi connectivity index (χ1) is 22.3. The number of hydrogen-bond acceptors (Lipinski definition) is 5. The van der Waals surface area contributed by atoms with Gasteiger partial charge in [-0.05, 0) is 0 Å². The summed E-state index contributed by atoms with van der Waals surface area (Å²) < 4.78 is 28.5. The fourth-order valence-corrected chi connectivity index (χ4v) is 9.48. The molecule has 4 nitrogen and oxygen atoms in total. The predicted octanol–water partition coefficient (Wildman–Crippen LogP) is 7.71. The molecular weight excluding hydrogens is 643 g/mol. The van der Waals surface area contributed by atoms with Crippen LogP contribution in [-0.2, 0) is 38.8 Å². The minimum atomic E-state index is -0.326. The van der Waals surface area contributed by atoms with Gasteiger partial charge in [0, 0.05) is 0 Å². The maximum atomic E-state index is 7.05. The predicted molar refractivity (Wildman–Crippen MR) is 183 cm³/mol. The monoisotopic (exact) mass is 682 g/mol. The number of hydrogen-bond donors (Lipinski definition) is 0. The Labute approximate surface area is 277 Å². The molecule has 1 saturated heterocycles. The molecule has 0 amide bonds. The molecule has 0 aromatic heterocycles. The zero-order valence-corrected chi connectivity index (χ0v) is 27.6. The molecule has 230 valence electrons. The summed E-state index contributed by atoms with van der Waals surface area (Å²) in [4.78, 5) is 1.26. The van der Waals surface area contributed by atoms with Gasteiger partial charge in [-0.3, -0.25) is 0 Å². The van der Waals surface area contributed by atoms with Crippen molar-refractivity contribution in [2.75, 3.05) is 6.61 Å². The van der Waals surface area contributed by atoms with Crippen LogP contribution in [0.15, 0.2) is 157 Å². The Morgan fingerprint density at radius 1 is 0.533 bits per heavy atom. The number of thioether (sulfide) groups is 1. The van der Waals surface area contributed by atoms with Gasteiger partial charge in [-0.2, -0.15) is 0 Å². The van der Waals surface area contributed by atoms with Crippen LogP contribution >= 0.6 is 11.8 Å². The van der Waals surface area contributed by atoms with Gasteiger partial charge in [-0.25, -0.2) is 0 Å². The van der Waals surface area contributed by atoms with Gasteiger partial charge in [-0.1, -0.05) is 0 Å². The Hall–Kier alpha value is -3.19. The van der Waals surface area contributed by atoms with E-state index in [1.54, 1.807) is 11.8 Å². The molecule has 0 bridgehead atoms. The molecule has 0 radical (unpaired) electrons. The molecular formula is C39H38O4SSe. The van der Waals surface area contributed by atoms with Crippen LogP contribution in [-0.4, -0.2) is 45.3 Å². The Bertz CT molecular complexity index is 1530. The molecule has 1 aliphatic heterocycles. The van der Waals surface area contributed by atoms with Gasteiger partial charge in [0.15, 0.2) is 0 Å². The molecule has 5 aromatic carbocycles. The second-order valence-electron chi connectivity index (χ2n) is 10.9. The van der Waals surface area contributed by atoms with Crippen LogP contribution < -0.4 is 4.46 Å². The van der Waals surface area contributed by atoms with Gasteiger partial charge < -0.3 is 0 Å². The molecule has 5 aromatic rings. The van der Waals surface area contributed by atoms with Gasteiger partial charge in [-0.15, -0.1) is 0 Å². The third-order valence-corrected chi connectivity index (χ3v) is 11.9. The van der Waals surface area contributed by atoms with E-state index < -0.39 is 0 Å². The molecule has 0 unspecified atom stereocenters. The maximum absolute atomic E-state index is 7.05. The summed E-state index contributed by atoms with van der Waals surface area (Å²) in [5.41, 5.74) is 3.25. The fraction of sp³-hybridized carbons (Fsp3) is 0.231. The van der Waals surface area contributed by atoms with E-state index in [9.17, 15) is 0 Å². The van der Waals surface area contributed by atoms with Gasteiger partial charge in [0.2, 0.25) is 0 Å². The van der Waals surface area contributed by atoms with Gasteiger partial charge in [0.05, 0.1) is 0 Å². The Balaban J connectivity index is 1.33. The van der Waals surface area contributed by atoms with E-state index in [4.69, 9.17) is 18.9 Å². The van der Waals surface area contributed by atoms with E-state index in [0.717, 1.165) is 16.7 Å². The van der Waals surface area contributed by atoms with Crippen molar-refractivity contribution in [2.24, 2.45) is 0 Å². The minimum absolute atomic E-state index is 0.0548. The molecule has 0 spiro atoms. The first-order valence-corrected chi connectivity index (χ1v) is 18.1. The number of rotatable bonds is 14. The summed E-state index contributed by atoms with van der Waals surface area (Å²) in [5, 5.41) is 0. The molecule has 0 aliphatic carbocycles. The van der Waals surface area contributed by atoms with Gasteiger partial charge >= 0.3 is 278 Å². The van der Waals surface area contributed by atoms with Crippen LogP contribution in [0.1, 0.15) is 16.7 Å². The number of benzene rings is 5. The summed E-state index contributed by atoms with van der Waals surface area (Å²) in [6, 6.07) is 52.3. The van der Waals surface area contributed by atoms with E-state index in [2.05, 4.69) is 109 Å². The van der Waals surface area contributed by atoms with Crippen molar-refractivity contribution < 1.29 is 18.9 Å². The average Bonchev–Trinajstić information content (AvgIpc) is 3.10. The van der Waals surface area contributed by atoms with Crippen LogP contribution in [0.4, 0.5) is 0 Å². The number of ether oxygens (including phenoxy) is 4. The fourth-order valence-electron chi connectivity index (χ4n) is 5.31. The van der Waals surface area contributed by atoms with Crippen LogP contribution in [0.2, 0.25) is 4.82 Å². The van der Waals surface area contributed by atoms with E-state index in [1.165, 1.54) is 9.36 Å². The zero-order valence-electron chi connectivity index (χ0n) is 25.1. The Kier molecular flexibility index (Phi) is 12.0. The summed E-state index contributed by atoms with van der Waals surface area (Å²) in [7, 11) is 0. The van der Waals surface area contributed by atoms with Gasteiger partial charge in [0.1, 0.15) is 0 Å². The van der Waals surface area contributed by atoms with Crippen LogP contribution in [0.25, 0.3) is 0 Å². The van der Waals surface area contributed by atoms with E-state index in [-0.39, 0.29) is 43.5 Å². The Morgan fingerprint density at radius 2 is 1.00 bits per heavy atom. The topological polar surface area (TPSA) is 36.9 Å². The van der Waals surface area contributed by atoms with Crippen molar-refractivity contribution in [3.63, 3.8) is 0 Å². The van der Waals surface area contributed by atoms with Crippen molar-refractivity contribution >= 4 is 31.2 Å². The molecule has 45 heavy (non-hydrogen) atoms. The third-order valence-electron chi connectivity index (χ3n) is 7.57. The van der Waals surface area contributed by atoms with Crippen LogP contribution in [0.3, 0.4) is 0 Å².